The van der Waals surface area contributed by atoms with Gasteiger partial charge in [-0.2, -0.15) is 5.10 Å². The largest absolute Gasteiger partial charge is 0.493 e. The second-order valence-electron chi connectivity index (χ2n) is 6.64. The molecule has 4 aromatic rings. The topological polar surface area (TPSA) is 73.1 Å². The molecule has 1 heterocycles. The van der Waals surface area contributed by atoms with Crippen LogP contribution in [0.3, 0.4) is 0 Å². The highest BCUT2D eigenvalue weighted by Crippen LogP contribution is 2.28. The minimum absolute atomic E-state index is 0.153. The molecule has 3 aromatic carbocycles. The summed E-state index contributed by atoms with van der Waals surface area (Å²) in [6.45, 7) is 0.380. The number of fused-ring (bicyclic) bond motifs is 1. The number of methoxy groups -OCH3 is 1. The molecular formula is C24H19ClN2O4. The summed E-state index contributed by atoms with van der Waals surface area (Å²) in [6, 6.07) is 22.0. The molecule has 0 spiro atoms. The van der Waals surface area contributed by atoms with E-state index in [1.54, 1.807) is 25.5 Å². The molecule has 1 aromatic heterocycles. The van der Waals surface area contributed by atoms with Gasteiger partial charge in [0.25, 0.3) is 0 Å². The number of amides is 1. The van der Waals surface area contributed by atoms with Crippen LogP contribution >= 0.6 is 11.6 Å². The summed E-state index contributed by atoms with van der Waals surface area (Å²) < 4.78 is 16.6. The molecule has 0 fully saturated rings. The first-order valence-corrected chi connectivity index (χ1v) is 9.88. The van der Waals surface area contributed by atoms with E-state index in [4.69, 9.17) is 25.5 Å². The molecule has 0 saturated heterocycles. The van der Waals surface area contributed by atoms with Crippen molar-refractivity contribution in [1.29, 1.82) is 0 Å². The fraction of sp³-hybridized carbons (Fsp3) is 0.0833. The average molecular weight is 435 g/mol. The predicted octanol–water partition coefficient (Wildman–Crippen LogP) is 5.44. The van der Waals surface area contributed by atoms with Crippen LogP contribution in [0.4, 0.5) is 0 Å². The Kier molecular flexibility index (Phi) is 6.19. The van der Waals surface area contributed by atoms with Gasteiger partial charge in [-0.15, -0.1) is 0 Å². The molecule has 4 rings (SSSR count). The SMILES string of the molecule is COc1cccc2cc(C(=O)N/N=C\c3ccc(OCc4ccccc4Cl)cc3)oc12. The van der Waals surface area contributed by atoms with E-state index in [1.165, 1.54) is 0 Å². The molecule has 0 aliphatic heterocycles. The van der Waals surface area contributed by atoms with E-state index in [0.717, 1.165) is 16.5 Å². The Morgan fingerprint density at radius 3 is 2.68 bits per heavy atom. The molecule has 31 heavy (non-hydrogen) atoms. The van der Waals surface area contributed by atoms with Crippen LogP contribution in [0.1, 0.15) is 21.7 Å². The van der Waals surface area contributed by atoms with E-state index in [2.05, 4.69) is 10.5 Å². The smallest absolute Gasteiger partial charge is 0.307 e. The molecule has 0 radical (unpaired) electrons. The van der Waals surface area contributed by atoms with Crippen LogP contribution in [0.15, 0.2) is 82.3 Å². The summed E-state index contributed by atoms with van der Waals surface area (Å²) in [7, 11) is 1.55. The summed E-state index contributed by atoms with van der Waals surface area (Å²) >= 11 is 6.14. The first kappa shape index (κ1) is 20.5. The second-order valence-corrected chi connectivity index (χ2v) is 7.04. The van der Waals surface area contributed by atoms with Crippen LogP contribution in [-0.4, -0.2) is 19.2 Å². The van der Waals surface area contributed by atoms with E-state index >= 15 is 0 Å². The number of benzene rings is 3. The molecule has 0 bridgehead atoms. The number of hydrogen-bond donors (Lipinski definition) is 1. The highest BCUT2D eigenvalue weighted by atomic mass is 35.5. The van der Waals surface area contributed by atoms with Gasteiger partial charge < -0.3 is 13.9 Å². The van der Waals surface area contributed by atoms with Crippen LogP contribution in [0.2, 0.25) is 5.02 Å². The number of nitrogens with zero attached hydrogens (tertiary/aromatic N) is 1. The van der Waals surface area contributed by atoms with Gasteiger partial charge in [-0.05, 0) is 48.0 Å². The number of furan rings is 1. The molecule has 156 valence electrons. The number of hydrogen-bond acceptors (Lipinski definition) is 5. The number of halogens is 1. The van der Waals surface area contributed by atoms with Crippen LogP contribution in [-0.2, 0) is 6.61 Å². The zero-order valence-corrected chi connectivity index (χ0v) is 17.4. The van der Waals surface area contributed by atoms with E-state index in [1.807, 2.05) is 60.7 Å². The molecule has 1 amide bonds. The molecule has 0 aliphatic carbocycles. The van der Waals surface area contributed by atoms with Crippen LogP contribution in [0.25, 0.3) is 11.0 Å². The lowest BCUT2D eigenvalue weighted by Crippen LogP contribution is -2.16. The molecule has 1 N–H and O–H groups in total. The van der Waals surface area contributed by atoms with Gasteiger partial charge in [-0.25, -0.2) is 5.43 Å². The lowest BCUT2D eigenvalue weighted by Gasteiger charge is -2.07. The zero-order chi connectivity index (χ0) is 21.6. The second kappa shape index (κ2) is 9.36. The summed E-state index contributed by atoms with van der Waals surface area (Å²) in [4.78, 5) is 12.3. The quantitative estimate of drug-likeness (QED) is 0.310. The molecule has 0 atom stereocenters. The van der Waals surface area contributed by atoms with Gasteiger partial charge >= 0.3 is 5.91 Å². The highest BCUT2D eigenvalue weighted by Gasteiger charge is 2.14. The molecule has 0 unspecified atom stereocenters. The zero-order valence-electron chi connectivity index (χ0n) is 16.7. The number of carbonyl (C=O) groups is 1. The van der Waals surface area contributed by atoms with Crippen LogP contribution < -0.4 is 14.9 Å². The lowest BCUT2D eigenvalue weighted by molar-refractivity contribution is 0.0929. The minimum atomic E-state index is -0.450. The number of para-hydroxylation sites is 1. The Balaban J connectivity index is 1.34. The molecule has 7 heteroatoms. The lowest BCUT2D eigenvalue weighted by atomic mass is 10.2. The van der Waals surface area contributed by atoms with E-state index in [9.17, 15) is 4.79 Å². The van der Waals surface area contributed by atoms with Gasteiger partial charge in [-0.1, -0.05) is 41.9 Å². The monoisotopic (exact) mass is 434 g/mol. The van der Waals surface area contributed by atoms with Gasteiger partial charge in [0.15, 0.2) is 17.1 Å². The predicted molar refractivity (Wildman–Crippen MR) is 120 cm³/mol. The standard InChI is InChI=1S/C24H19ClN2O4/c1-29-21-8-4-6-17-13-22(31-23(17)21)24(28)27-26-14-16-9-11-19(12-10-16)30-15-18-5-2-3-7-20(18)25/h2-14H,15H2,1H3,(H,27,28)/b26-14-. The van der Waals surface area contributed by atoms with Crippen molar-refractivity contribution in [1.82, 2.24) is 5.43 Å². The average Bonchev–Trinajstić information content (AvgIpc) is 3.24. The number of nitrogens with one attached hydrogen (secondary N) is 1. The third-order valence-electron chi connectivity index (χ3n) is 4.56. The van der Waals surface area contributed by atoms with Crippen molar-refractivity contribution in [2.75, 3.05) is 7.11 Å². The Morgan fingerprint density at radius 2 is 1.90 bits per heavy atom. The Hall–Kier alpha value is -3.77. The molecule has 6 nitrogen and oxygen atoms in total. The van der Waals surface area contributed by atoms with Crippen molar-refractivity contribution >= 4 is 34.7 Å². The summed E-state index contributed by atoms with van der Waals surface area (Å²) in [5.74, 6) is 0.975. The summed E-state index contributed by atoms with van der Waals surface area (Å²) in [5.41, 5.74) is 4.70. The fourth-order valence-corrected chi connectivity index (χ4v) is 3.15. The third kappa shape index (κ3) is 4.87. The van der Waals surface area contributed by atoms with E-state index in [-0.39, 0.29) is 5.76 Å². The maximum atomic E-state index is 12.3. The van der Waals surface area contributed by atoms with Crippen LogP contribution in [0.5, 0.6) is 11.5 Å². The van der Waals surface area contributed by atoms with E-state index in [0.29, 0.717) is 28.7 Å². The van der Waals surface area contributed by atoms with Crippen molar-refractivity contribution in [3.63, 3.8) is 0 Å². The molecule has 0 aliphatic rings. The maximum Gasteiger partial charge on any atom is 0.307 e. The Morgan fingerprint density at radius 1 is 1.10 bits per heavy atom. The Labute approximate surface area is 184 Å². The van der Waals surface area contributed by atoms with Crippen molar-refractivity contribution in [3.8, 4) is 11.5 Å². The maximum absolute atomic E-state index is 12.3. The van der Waals surface area contributed by atoms with Crippen LogP contribution in [0, 0.1) is 0 Å². The van der Waals surface area contributed by atoms with Crippen molar-refractivity contribution in [3.05, 3.63) is 94.7 Å². The van der Waals surface area contributed by atoms with Gasteiger partial charge in [0, 0.05) is 16.0 Å². The number of carbonyl (C=O) groups excluding carboxylic acids is 1. The number of ether oxygens (including phenoxy) is 2. The third-order valence-corrected chi connectivity index (χ3v) is 4.93. The van der Waals surface area contributed by atoms with Crippen molar-refractivity contribution in [2.24, 2.45) is 5.10 Å². The molecule has 0 saturated carbocycles. The first-order chi connectivity index (χ1) is 15.1. The van der Waals surface area contributed by atoms with Crippen molar-refractivity contribution < 1.29 is 18.7 Å². The van der Waals surface area contributed by atoms with Gasteiger partial charge in [0.2, 0.25) is 0 Å². The van der Waals surface area contributed by atoms with Gasteiger partial charge in [0.1, 0.15) is 12.4 Å². The molecular weight excluding hydrogens is 416 g/mol. The minimum Gasteiger partial charge on any atom is -0.493 e. The number of hydrazone groups is 1. The summed E-state index contributed by atoms with van der Waals surface area (Å²) in [6.07, 6.45) is 1.54. The highest BCUT2D eigenvalue weighted by molar-refractivity contribution is 6.31. The normalized spacial score (nSPS) is 11.0. The summed E-state index contributed by atoms with van der Waals surface area (Å²) in [5, 5.41) is 5.44. The van der Waals surface area contributed by atoms with E-state index < -0.39 is 5.91 Å². The van der Waals surface area contributed by atoms with Gasteiger partial charge in [0.05, 0.1) is 13.3 Å². The van der Waals surface area contributed by atoms with Gasteiger partial charge in [-0.3, -0.25) is 4.79 Å². The fourth-order valence-electron chi connectivity index (χ4n) is 2.96. The van der Waals surface area contributed by atoms with Crippen molar-refractivity contribution in [2.45, 2.75) is 6.61 Å². The number of rotatable bonds is 7. The Bertz CT molecular complexity index is 1230. The first-order valence-electron chi connectivity index (χ1n) is 9.50.